The number of rotatable bonds is 4. The highest BCUT2D eigenvalue weighted by molar-refractivity contribution is 5.66. The van der Waals surface area contributed by atoms with Crippen LogP contribution in [0.25, 0.3) is 11.1 Å². The van der Waals surface area contributed by atoms with Crippen molar-refractivity contribution in [3.8, 4) is 11.1 Å². The maximum Gasteiger partial charge on any atom is 0.225 e. The normalized spacial score (nSPS) is 19.6. The lowest BCUT2D eigenvalue weighted by Gasteiger charge is -2.35. The summed E-state index contributed by atoms with van der Waals surface area (Å²) in [7, 11) is 2.16. The molecule has 1 unspecified atom stereocenters. The van der Waals surface area contributed by atoms with Gasteiger partial charge in [0.15, 0.2) is 0 Å². The molecular weight excluding hydrogens is 414 g/mol. The first-order chi connectivity index (χ1) is 16.1. The van der Waals surface area contributed by atoms with Gasteiger partial charge in [0.2, 0.25) is 5.95 Å². The van der Waals surface area contributed by atoms with Gasteiger partial charge >= 0.3 is 0 Å². The molecule has 5 rings (SSSR count). The van der Waals surface area contributed by atoms with Crippen LogP contribution in [0.1, 0.15) is 30.3 Å². The van der Waals surface area contributed by atoms with Crippen LogP contribution in [0.15, 0.2) is 36.8 Å². The Morgan fingerprint density at radius 1 is 0.970 bits per heavy atom. The van der Waals surface area contributed by atoms with Crippen molar-refractivity contribution in [3.05, 3.63) is 48.3 Å². The van der Waals surface area contributed by atoms with Crippen molar-refractivity contribution in [1.29, 1.82) is 0 Å². The van der Waals surface area contributed by atoms with E-state index in [9.17, 15) is 0 Å². The van der Waals surface area contributed by atoms with E-state index in [0.717, 1.165) is 80.7 Å². The number of nitrogens with zero attached hydrogens (tertiary/aromatic N) is 8. The Kier molecular flexibility index (Phi) is 6.04. The average molecular weight is 446 g/mol. The van der Waals surface area contributed by atoms with Gasteiger partial charge in [0.05, 0.1) is 5.69 Å². The van der Waals surface area contributed by atoms with Gasteiger partial charge in [-0.15, -0.1) is 0 Å². The van der Waals surface area contributed by atoms with E-state index >= 15 is 0 Å². The quantitative estimate of drug-likeness (QED) is 0.648. The lowest BCUT2D eigenvalue weighted by Crippen LogP contribution is -2.45. The molecule has 3 aromatic heterocycles. The molecule has 0 aliphatic carbocycles. The second-order valence-corrected chi connectivity index (χ2v) is 8.98. The van der Waals surface area contributed by atoms with Gasteiger partial charge in [-0.3, -0.25) is 4.98 Å². The van der Waals surface area contributed by atoms with Crippen LogP contribution < -0.4 is 15.5 Å². The molecule has 2 aliphatic heterocycles. The summed E-state index contributed by atoms with van der Waals surface area (Å²) >= 11 is 0. The number of hydrogen-bond donors (Lipinski definition) is 1. The summed E-state index contributed by atoms with van der Waals surface area (Å²) in [5.41, 5.74) is 9.30. The summed E-state index contributed by atoms with van der Waals surface area (Å²) in [6.07, 6.45) is 7.79. The molecule has 1 atom stereocenters. The molecule has 2 saturated heterocycles. The lowest BCUT2D eigenvalue weighted by molar-refractivity contribution is 0.311. The molecule has 3 aromatic rings. The number of anilines is 3. The minimum Gasteiger partial charge on any atom is -0.384 e. The van der Waals surface area contributed by atoms with Crippen molar-refractivity contribution in [3.63, 3.8) is 0 Å². The first-order valence-corrected chi connectivity index (χ1v) is 11.6. The highest BCUT2D eigenvalue weighted by atomic mass is 15.3. The summed E-state index contributed by atoms with van der Waals surface area (Å²) in [5.74, 6) is 3.20. The van der Waals surface area contributed by atoms with E-state index in [1.165, 1.54) is 0 Å². The third kappa shape index (κ3) is 4.73. The van der Waals surface area contributed by atoms with Crippen LogP contribution in [-0.4, -0.2) is 76.1 Å². The van der Waals surface area contributed by atoms with Gasteiger partial charge < -0.3 is 20.4 Å². The van der Waals surface area contributed by atoms with Crippen LogP contribution in [0.4, 0.5) is 17.6 Å². The maximum absolute atomic E-state index is 6.01. The molecule has 0 spiro atoms. The molecule has 2 aliphatic rings. The third-order valence-corrected chi connectivity index (χ3v) is 6.56. The molecular formula is C24H31N9. The third-order valence-electron chi connectivity index (χ3n) is 6.56. The Hall–Kier alpha value is -3.33. The fraction of sp³-hybridized carbons (Fsp3) is 0.458. The van der Waals surface area contributed by atoms with Crippen LogP contribution in [-0.2, 0) is 0 Å². The molecule has 0 aromatic carbocycles. The number of aromatic nitrogens is 5. The maximum atomic E-state index is 6.01. The summed E-state index contributed by atoms with van der Waals surface area (Å²) in [6.45, 7) is 7.62. The Balaban J connectivity index is 1.49. The average Bonchev–Trinajstić information content (AvgIpc) is 2.84. The van der Waals surface area contributed by atoms with Crippen LogP contribution in [0.3, 0.4) is 0 Å². The molecule has 0 bridgehead atoms. The number of piperazine rings is 1. The first kappa shape index (κ1) is 21.5. The molecule has 33 heavy (non-hydrogen) atoms. The van der Waals surface area contributed by atoms with Crippen LogP contribution in [0.2, 0.25) is 0 Å². The number of nitrogen functional groups attached to an aromatic ring is 1. The predicted molar refractivity (Wildman–Crippen MR) is 130 cm³/mol. The number of hydrogen-bond acceptors (Lipinski definition) is 9. The van der Waals surface area contributed by atoms with E-state index in [2.05, 4.69) is 36.7 Å². The van der Waals surface area contributed by atoms with Gasteiger partial charge in [-0.25, -0.2) is 19.9 Å². The Labute approximate surface area is 194 Å². The minimum absolute atomic E-state index is 0.271. The number of piperidine rings is 1. The van der Waals surface area contributed by atoms with E-state index in [1.54, 1.807) is 0 Å². The first-order valence-electron chi connectivity index (χ1n) is 11.6. The van der Waals surface area contributed by atoms with Gasteiger partial charge in [0.25, 0.3) is 0 Å². The summed E-state index contributed by atoms with van der Waals surface area (Å²) in [5, 5.41) is 0. The van der Waals surface area contributed by atoms with E-state index in [-0.39, 0.29) is 5.92 Å². The zero-order valence-corrected chi connectivity index (χ0v) is 19.4. The van der Waals surface area contributed by atoms with Crippen LogP contribution >= 0.6 is 0 Å². The van der Waals surface area contributed by atoms with Crippen molar-refractivity contribution < 1.29 is 0 Å². The van der Waals surface area contributed by atoms with Gasteiger partial charge in [-0.05, 0) is 44.5 Å². The summed E-state index contributed by atoms with van der Waals surface area (Å²) in [6, 6.07) is 5.94. The molecule has 0 saturated carbocycles. The molecule has 9 nitrogen and oxygen atoms in total. The van der Waals surface area contributed by atoms with E-state index in [1.807, 2.05) is 43.7 Å². The highest BCUT2D eigenvalue weighted by Crippen LogP contribution is 2.35. The topological polar surface area (TPSA) is 100 Å². The lowest BCUT2D eigenvalue weighted by atomic mass is 9.90. The zero-order chi connectivity index (χ0) is 22.8. The molecule has 2 N–H and O–H groups in total. The number of pyridine rings is 1. The highest BCUT2D eigenvalue weighted by Gasteiger charge is 2.28. The number of likely N-dealkylation sites (N-methyl/N-ethyl adjacent to an activating group) is 1. The Morgan fingerprint density at radius 2 is 1.76 bits per heavy atom. The summed E-state index contributed by atoms with van der Waals surface area (Å²) < 4.78 is 0. The SMILES string of the molecule is Cc1nc(N)cc(N2CCCC(c3nc(N4CCN(C)CC4)ncc3-c3ccncc3)C2)n1. The Bertz CT molecular complexity index is 1080. The van der Waals surface area contributed by atoms with Crippen molar-refractivity contribution in [2.24, 2.45) is 0 Å². The van der Waals surface area contributed by atoms with Gasteiger partial charge in [-0.2, -0.15) is 0 Å². The van der Waals surface area contributed by atoms with Crippen molar-refractivity contribution >= 4 is 17.6 Å². The van der Waals surface area contributed by atoms with E-state index in [4.69, 9.17) is 15.7 Å². The second-order valence-electron chi connectivity index (χ2n) is 8.98. The standard InChI is InChI=1S/C24H31N9/c1-17-28-21(25)14-22(29-17)33-9-3-4-19(16-33)23-20(18-5-7-26-8-6-18)15-27-24(30-23)32-12-10-31(2)11-13-32/h5-8,14-15,19H,3-4,9-13,16H2,1-2H3,(H2,25,28,29). The van der Waals surface area contributed by atoms with Crippen LogP contribution in [0, 0.1) is 6.92 Å². The van der Waals surface area contributed by atoms with Gasteiger partial charge in [0, 0.05) is 75.4 Å². The largest absolute Gasteiger partial charge is 0.384 e. The predicted octanol–water partition coefficient (Wildman–Crippen LogP) is 2.36. The minimum atomic E-state index is 0.271. The molecule has 2 fully saturated rings. The van der Waals surface area contributed by atoms with Crippen molar-refractivity contribution in [2.75, 3.05) is 61.8 Å². The monoisotopic (exact) mass is 445 g/mol. The van der Waals surface area contributed by atoms with Crippen molar-refractivity contribution in [1.82, 2.24) is 29.8 Å². The molecule has 172 valence electrons. The second kappa shape index (κ2) is 9.27. The molecule has 5 heterocycles. The van der Waals surface area contributed by atoms with Gasteiger partial charge in [-0.1, -0.05) is 0 Å². The smallest absolute Gasteiger partial charge is 0.225 e. The Morgan fingerprint density at radius 3 is 2.52 bits per heavy atom. The fourth-order valence-electron chi connectivity index (χ4n) is 4.75. The summed E-state index contributed by atoms with van der Waals surface area (Å²) in [4.78, 5) is 30.0. The molecule has 0 radical (unpaired) electrons. The number of nitrogens with two attached hydrogens (primary N) is 1. The fourth-order valence-corrected chi connectivity index (χ4v) is 4.75. The zero-order valence-electron chi connectivity index (χ0n) is 19.4. The van der Waals surface area contributed by atoms with E-state index in [0.29, 0.717) is 11.6 Å². The number of aryl methyl sites for hydroxylation is 1. The van der Waals surface area contributed by atoms with Crippen LogP contribution in [0.5, 0.6) is 0 Å². The van der Waals surface area contributed by atoms with E-state index < -0.39 is 0 Å². The molecule has 0 amide bonds. The van der Waals surface area contributed by atoms with Gasteiger partial charge in [0.1, 0.15) is 17.5 Å². The molecule has 9 heteroatoms. The van der Waals surface area contributed by atoms with Crippen molar-refractivity contribution in [2.45, 2.75) is 25.7 Å².